The van der Waals surface area contributed by atoms with Gasteiger partial charge in [0, 0.05) is 0 Å². The van der Waals surface area contributed by atoms with Gasteiger partial charge in [0.15, 0.2) is 8.32 Å². The van der Waals surface area contributed by atoms with Crippen LogP contribution in [0.3, 0.4) is 0 Å². The molecule has 0 radical (unpaired) electrons. The van der Waals surface area contributed by atoms with Crippen LogP contribution < -0.4 is 18.9 Å². The van der Waals surface area contributed by atoms with Crippen LogP contribution in [0.4, 0.5) is 0 Å². The van der Waals surface area contributed by atoms with Gasteiger partial charge in [0.1, 0.15) is 0 Å². The SMILES string of the molecule is C=CC(O)CO[Si](C)(C)C(C)(C)C.[CH2-]CCC.[Li+]. The topological polar surface area (TPSA) is 29.5 Å². The first-order chi connectivity index (χ1) is 7.62. The predicted octanol–water partition coefficient (Wildman–Crippen LogP) is 1.18. The molecule has 0 aromatic carbocycles. The Morgan fingerprint density at radius 1 is 1.39 bits per heavy atom. The van der Waals surface area contributed by atoms with E-state index in [4.69, 9.17) is 4.43 Å². The fourth-order valence-corrected chi connectivity index (χ4v) is 1.60. The van der Waals surface area contributed by atoms with Gasteiger partial charge < -0.3 is 16.5 Å². The normalized spacial score (nSPS) is 12.9. The molecule has 0 aromatic rings. The summed E-state index contributed by atoms with van der Waals surface area (Å²) in [5, 5.41) is 9.47. The van der Waals surface area contributed by atoms with Gasteiger partial charge >= 0.3 is 18.9 Å². The zero-order valence-corrected chi connectivity index (χ0v) is 14.5. The summed E-state index contributed by atoms with van der Waals surface area (Å²) < 4.78 is 5.76. The van der Waals surface area contributed by atoms with Crippen molar-refractivity contribution in [2.45, 2.75) is 64.8 Å². The molecule has 0 heterocycles. The quantitative estimate of drug-likeness (QED) is 0.460. The van der Waals surface area contributed by atoms with Gasteiger partial charge in [-0.05, 0) is 18.1 Å². The van der Waals surface area contributed by atoms with Gasteiger partial charge in [-0.3, -0.25) is 0 Å². The number of hydrogen-bond donors (Lipinski definition) is 1. The molecule has 0 amide bonds. The number of unbranched alkanes of at least 4 members (excludes halogenated alkanes) is 1. The van der Waals surface area contributed by atoms with E-state index in [1.807, 2.05) is 0 Å². The molecule has 0 aliphatic heterocycles. The van der Waals surface area contributed by atoms with Crippen LogP contribution >= 0.6 is 0 Å². The summed E-state index contributed by atoms with van der Waals surface area (Å²) in [6, 6.07) is 0. The maximum absolute atomic E-state index is 9.27. The molecule has 0 saturated carbocycles. The Hall–Kier alpha value is 0.474. The number of rotatable bonds is 5. The molecule has 18 heavy (non-hydrogen) atoms. The first kappa shape index (κ1) is 23.6. The minimum atomic E-state index is -1.69. The van der Waals surface area contributed by atoms with Crippen molar-refractivity contribution in [1.29, 1.82) is 0 Å². The van der Waals surface area contributed by atoms with Crippen molar-refractivity contribution < 1.29 is 28.4 Å². The minimum Gasteiger partial charge on any atom is -0.414 e. The van der Waals surface area contributed by atoms with Crippen molar-refractivity contribution in [2.24, 2.45) is 0 Å². The van der Waals surface area contributed by atoms with Crippen molar-refractivity contribution in [3.8, 4) is 0 Å². The third-order valence-corrected chi connectivity index (χ3v) is 7.55. The van der Waals surface area contributed by atoms with Gasteiger partial charge in [-0.1, -0.05) is 40.2 Å². The predicted molar refractivity (Wildman–Crippen MR) is 79.6 cm³/mol. The van der Waals surface area contributed by atoms with Crippen LogP contribution in [0.2, 0.25) is 18.1 Å². The van der Waals surface area contributed by atoms with Gasteiger partial charge in [0.25, 0.3) is 0 Å². The van der Waals surface area contributed by atoms with Crippen LogP contribution in [0.5, 0.6) is 0 Å². The van der Waals surface area contributed by atoms with Crippen LogP contribution in [0.25, 0.3) is 0 Å². The van der Waals surface area contributed by atoms with Crippen molar-refractivity contribution in [3.05, 3.63) is 19.6 Å². The smallest absolute Gasteiger partial charge is 0.414 e. The third-order valence-electron chi connectivity index (χ3n) is 3.05. The van der Waals surface area contributed by atoms with Crippen molar-refractivity contribution >= 4 is 8.32 Å². The van der Waals surface area contributed by atoms with E-state index in [1.54, 1.807) is 0 Å². The van der Waals surface area contributed by atoms with E-state index < -0.39 is 14.4 Å². The van der Waals surface area contributed by atoms with Gasteiger partial charge in [-0.2, -0.15) is 6.42 Å². The van der Waals surface area contributed by atoms with E-state index in [-0.39, 0.29) is 23.9 Å². The maximum atomic E-state index is 9.27. The molecule has 104 valence electrons. The summed E-state index contributed by atoms with van der Waals surface area (Å²) >= 11 is 0. The molecule has 0 fully saturated rings. The molecule has 1 unspecified atom stereocenters. The molecule has 4 heteroatoms. The second-order valence-electron chi connectivity index (χ2n) is 5.73. The van der Waals surface area contributed by atoms with E-state index in [9.17, 15) is 5.11 Å². The standard InChI is InChI=1S/C10H22O2Si.C4H9.Li/c1-7-9(11)8-12-13(5,6)10(2,3)4;1-3-4-2;/h7,9,11H,1,8H2,2-6H3;1,3-4H2,2H3;/q;-1;+1. The Kier molecular flexibility index (Phi) is 14.8. The second kappa shape index (κ2) is 11.3. The molecule has 1 N–H and O–H groups in total. The molecule has 0 spiro atoms. The molecule has 0 aliphatic rings. The van der Waals surface area contributed by atoms with Crippen molar-refractivity contribution in [3.63, 3.8) is 0 Å². The summed E-state index contributed by atoms with van der Waals surface area (Å²) in [5.41, 5.74) is 0. The van der Waals surface area contributed by atoms with Gasteiger partial charge in [-0.25, -0.2) is 0 Å². The fraction of sp³-hybridized carbons (Fsp3) is 0.786. The minimum absolute atomic E-state index is 0. The number of aliphatic hydroxyl groups is 1. The zero-order chi connectivity index (χ0) is 14.1. The average molecular weight is 266 g/mol. The van der Waals surface area contributed by atoms with Crippen molar-refractivity contribution in [2.75, 3.05) is 6.61 Å². The zero-order valence-electron chi connectivity index (χ0n) is 13.5. The van der Waals surface area contributed by atoms with Crippen LogP contribution in [0.15, 0.2) is 12.7 Å². The van der Waals surface area contributed by atoms with E-state index in [0.29, 0.717) is 6.61 Å². The first-order valence-corrected chi connectivity index (χ1v) is 9.27. The molecule has 2 nitrogen and oxygen atoms in total. The summed E-state index contributed by atoms with van der Waals surface area (Å²) in [5.74, 6) is 0. The fourth-order valence-electron chi connectivity index (χ4n) is 0.578. The molecular weight excluding hydrogens is 235 g/mol. The summed E-state index contributed by atoms with van der Waals surface area (Å²) in [7, 11) is -1.69. The largest absolute Gasteiger partial charge is 1.00 e. The summed E-state index contributed by atoms with van der Waals surface area (Å²) in [6.07, 6.45) is 3.25. The molecule has 0 aromatic heterocycles. The molecular formula is C14H31LiO2Si. The molecule has 1 atom stereocenters. The summed E-state index contributed by atoms with van der Waals surface area (Å²) in [6.45, 7) is 20.5. The van der Waals surface area contributed by atoms with Crippen molar-refractivity contribution in [1.82, 2.24) is 0 Å². The van der Waals surface area contributed by atoms with Crippen LogP contribution in [-0.2, 0) is 4.43 Å². The third kappa shape index (κ3) is 11.6. The van der Waals surface area contributed by atoms with Crippen LogP contribution in [0.1, 0.15) is 40.5 Å². The van der Waals surface area contributed by atoms with E-state index in [0.717, 1.165) is 6.42 Å². The Labute approximate surface area is 128 Å². The second-order valence-corrected chi connectivity index (χ2v) is 10.5. The van der Waals surface area contributed by atoms with Crippen LogP contribution in [-0.4, -0.2) is 26.1 Å². The van der Waals surface area contributed by atoms with E-state index in [2.05, 4.69) is 54.3 Å². The Morgan fingerprint density at radius 3 is 2.00 bits per heavy atom. The van der Waals surface area contributed by atoms with Gasteiger partial charge in [0.05, 0.1) is 12.7 Å². The van der Waals surface area contributed by atoms with E-state index >= 15 is 0 Å². The molecule has 0 aliphatic carbocycles. The summed E-state index contributed by atoms with van der Waals surface area (Å²) in [4.78, 5) is 0. The monoisotopic (exact) mass is 266 g/mol. The Balaban J connectivity index is -0.000000392. The number of hydrogen-bond acceptors (Lipinski definition) is 2. The van der Waals surface area contributed by atoms with E-state index in [1.165, 1.54) is 12.5 Å². The van der Waals surface area contributed by atoms with Gasteiger partial charge in [-0.15, -0.1) is 6.58 Å². The average Bonchev–Trinajstić information content (AvgIpc) is 2.24. The van der Waals surface area contributed by atoms with Crippen LogP contribution in [0, 0.1) is 6.92 Å². The molecule has 0 rings (SSSR count). The van der Waals surface area contributed by atoms with Gasteiger partial charge in [0.2, 0.25) is 0 Å². The number of aliphatic hydroxyl groups excluding tert-OH is 1. The molecule has 0 bridgehead atoms. The molecule has 0 saturated heterocycles. The Bertz CT molecular complexity index is 198. The first-order valence-electron chi connectivity index (χ1n) is 6.36. The maximum Gasteiger partial charge on any atom is 1.00 e. The Morgan fingerprint density at radius 2 is 1.78 bits per heavy atom.